The predicted molar refractivity (Wildman–Crippen MR) is 118 cm³/mol. The van der Waals surface area contributed by atoms with E-state index >= 15 is 0 Å². The smallest absolute Gasteiger partial charge is 0.259 e. The highest BCUT2D eigenvalue weighted by Crippen LogP contribution is 2.26. The Kier molecular flexibility index (Phi) is 10.1. The van der Waals surface area contributed by atoms with Gasteiger partial charge in [-0.1, -0.05) is 18.2 Å². The molecule has 2 aromatic rings. The lowest BCUT2D eigenvalue weighted by Gasteiger charge is -2.27. The first-order valence-corrected chi connectivity index (χ1v) is 9.57. The molecular weight excluding hydrogens is 408 g/mol. The maximum absolute atomic E-state index is 11.7. The Hall–Kier alpha value is -2.32. The second-order valence-electron chi connectivity index (χ2n) is 7.46. The number of nitrogens with one attached hydrogen (secondary N) is 1. The van der Waals surface area contributed by atoms with Crippen LogP contribution in [0.5, 0.6) is 11.5 Å². The summed E-state index contributed by atoms with van der Waals surface area (Å²) in [5.74, 6) is 0.831. The van der Waals surface area contributed by atoms with E-state index < -0.39 is 6.10 Å². The number of nitrogens with zero attached hydrogens (tertiary/aromatic N) is 1. The lowest BCUT2D eigenvalue weighted by molar-refractivity contribution is -0.130. The SMILES string of the molecule is CN(C)C(=O)COc1ccc2c(c1)C[C@@H](NCC(O)c1ccc(O)cc1)CC2.Cl.O. The van der Waals surface area contributed by atoms with E-state index in [1.807, 2.05) is 12.1 Å². The van der Waals surface area contributed by atoms with E-state index in [1.54, 1.807) is 38.4 Å². The summed E-state index contributed by atoms with van der Waals surface area (Å²) in [6, 6.07) is 12.9. The maximum Gasteiger partial charge on any atom is 0.259 e. The lowest BCUT2D eigenvalue weighted by atomic mass is 9.88. The van der Waals surface area contributed by atoms with Crippen LogP contribution in [0, 0.1) is 0 Å². The summed E-state index contributed by atoms with van der Waals surface area (Å²) in [5, 5.41) is 23.1. The zero-order valence-corrected chi connectivity index (χ0v) is 18.1. The average Bonchev–Trinajstić information content (AvgIpc) is 2.70. The number of halogens is 1. The number of phenolic OH excluding ortho intramolecular Hbond substituents is 1. The molecule has 0 fully saturated rings. The number of aliphatic hydroxyl groups excluding tert-OH is 1. The molecule has 1 unspecified atom stereocenters. The van der Waals surface area contributed by atoms with Crippen LogP contribution in [0.25, 0.3) is 0 Å². The molecule has 0 heterocycles. The highest BCUT2D eigenvalue weighted by molar-refractivity contribution is 5.85. The van der Waals surface area contributed by atoms with Gasteiger partial charge in [-0.3, -0.25) is 4.79 Å². The summed E-state index contributed by atoms with van der Waals surface area (Å²) in [6.45, 7) is 0.491. The van der Waals surface area contributed by atoms with Crippen molar-refractivity contribution in [2.24, 2.45) is 0 Å². The molecule has 5 N–H and O–H groups in total. The maximum atomic E-state index is 11.7. The number of hydrogen-bond donors (Lipinski definition) is 3. The number of benzene rings is 2. The van der Waals surface area contributed by atoms with Crippen LogP contribution in [0.2, 0.25) is 0 Å². The molecule has 30 heavy (non-hydrogen) atoms. The van der Waals surface area contributed by atoms with E-state index in [1.165, 1.54) is 16.0 Å². The molecule has 1 aliphatic rings. The van der Waals surface area contributed by atoms with Crippen molar-refractivity contribution >= 4 is 18.3 Å². The second-order valence-corrected chi connectivity index (χ2v) is 7.46. The Morgan fingerprint density at radius 2 is 1.90 bits per heavy atom. The van der Waals surface area contributed by atoms with Crippen molar-refractivity contribution < 1.29 is 25.2 Å². The van der Waals surface area contributed by atoms with Gasteiger partial charge < -0.3 is 30.6 Å². The topological polar surface area (TPSA) is 114 Å². The zero-order chi connectivity index (χ0) is 20.1. The first-order valence-electron chi connectivity index (χ1n) is 9.57. The number of carbonyl (C=O) groups excluding carboxylic acids is 1. The molecule has 0 saturated heterocycles. The minimum absolute atomic E-state index is 0. The molecule has 0 aromatic heterocycles. The fourth-order valence-corrected chi connectivity index (χ4v) is 3.36. The van der Waals surface area contributed by atoms with Crippen LogP contribution in [-0.4, -0.2) is 59.8 Å². The molecule has 0 radical (unpaired) electrons. The van der Waals surface area contributed by atoms with E-state index in [0.717, 1.165) is 24.8 Å². The van der Waals surface area contributed by atoms with Gasteiger partial charge in [-0.15, -0.1) is 12.4 Å². The molecule has 1 amide bonds. The molecule has 7 nitrogen and oxygen atoms in total. The van der Waals surface area contributed by atoms with Gasteiger partial charge in [0.15, 0.2) is 6.61 Å². The molecule has 8 heteroatoms. The van der Waals surface area contributed by atoms with Crippen LogP contribution >= 0.6 is 12.4 Å². The number of aromatic hydroxyl groups is 1. The van der Waals surface area contributed by atoms with Gasteiger partial charge in [-0.05, 0) is 60.2 Å². The Balaban J connectivity index is 0.00000225. The van der Waals surface area contributed by atoms with Gasteiger partial charge in [0, 0.05) is 26.7 Å². The fraction of sp³-hybridized carbons (Fsp3) is 0.409. The Labute approximate surface area is 183 Å². The quantitative estimate of drug-likeness (QED) is 0.608. The molecule has 0 bridgehead atoms. The minimum Gasteiger partial charge on any atom is -0.508 e. The van der Waals surface area contributed by atoms with Gasteiger partial charge >= 0.3 is 0 Å². The highest BCUT2D eigenvalue weighted by atomic mass is 35.5. The van der Waals surface area contributed by atoms with Crippen LogP contribution in [0.4, 0.5) is 0 Å². The number of rotatable bonds is 7. The number of carbonyl (C=O) groups is 1. The van der Waals surface area contributed by atoms with Gasteiger partial charge in [0.25, 0.3) is 5.91 Å². The van der Waals surface area contributed by atoms with Crippen molar-refractivity contribution in [2.45, 2.75) is 31.4 Å². The molecule has 2 aromatic carbocycles. The van der Waals surface area contributed by atoms with E-state index in [4.69, 9.17) is 4.74 Å². The normalized spacial score (nSPS) is 15.8. The number of likely N-dealkylation sites (N-methyl/N-ethyl adjacent to an activating group) is 1. The van der Waals surface area contributed by atoms with Crippen molar-refractivity contribution in [1.29, 1.82) is 0 Å². The predicted octanol–water partition coefficient (Wildman–Crippen LogP) is 1.64. The van der Waals surface area contributed by atoms with Crippen molar-refractivity contribution in [1.82, 2.24) is 10.2 Å². The third-order valence-corrected chi connectivity index (χ3v) is 5.15. The monoisotopic (exact) mass is 438 g/mol. The number of aryl methyl sites for hydroxylation is 1. The van der Waals surface area contributed by atoms with E-state index in [0.29, 0.717) is 12.3 Å². The van der Waals surface area contributed by atoms with Crippen LogP contribution in [0.1, 0.15) is 29.2 Å². The lowest BCUT2D eigenvalue weighted by Crippen LogP contribution is -2.37. The summed E-state index contributed by atoms with van der Waals surface area (Å²) >= 11 is 0. The third-order valence-electron chi connectivity index (χ3n) is 5.15. The van der Waals surface area contributed by atoms with E-state index in [2.05, 4.69) is 11.4 Å². The molecule has 0 saturated carbocycles. The van der Waals surface area contributed by atoms with Crippen molar-refractivity contribution in [3.05, 3.63) is 59.2 Å². The number of hydrogen-bond acceptors (Lipinski definition) is 5. The number of amides is 1. The first kappa shape index (κ1) is 25.7. The number of fused-ring (bicyclic) bond motifs is 1. The van der Waals surface area contributed by atoms with Crippen molar-refractivity contribution in [3.8, 4) is 11.5 Å². The number of ether oxygens (including phenoxy) is 1. The standard InChI is InChI=1S/C22H28N2O4.ClH.H2O/c1-24(2)22(27)14-28-20-10-6-15-3-7-18(11-17(15)12-20)23-13-21(26)16-4-8-19(25)9-5-16;;/h4-6,8-10,12,18,21,23,25-26H,3,7,11,13-14H2,1-2H3;1H;1H2/t18-,21?;;/m0../s1. The Bertz CT molecular complexity index is 814. The first-order chi connectivity index (χ1) is 13.4. The van der Waals surface area contributed by atoms with Crippen molar-refractivity contribution in [3.63, 3.8) is 0 Å². The second kappa shape index (κ2) is 11.8. The zero-order valence-electron chi connectivity index (χ0n) is 17.3. The summed E-state index contributed by atoms with van der Waals surface area (Å²) < 4.78 is 5.62. The van der Waals surface area contributed by atoms with E-state index in [-0.39, 0.29) is 42.2 Å². The van der Waals surface area contributed by atoms with Gasteiger partial charge in [0.1, 0.15) is 11.5 Å². The molecule has 166 valence electrons. The molecular formula is C22H31ClN2O5. The van der Waals surface area contributed by atoms with Crippen molar-refractivity contribution in [2.75, 3.05) is 27.2 Å². The molecule has 0 aliphatic heterocycles. The summed E-state index contributed by atoms with van der Waals surface area (Å²) in [7, 11) is 3.42. The molecule has 0 spiro atoms. The van der Waals surface area contributed by atoms with Crippen LogP contribution < -0.4 is 10.1 Å². The number of phenols is 1. The van der Waals surface area contributed by atoms with Crippen LogP contribution in [-0.2, 0) is 17.6 Å². The van der Waals surface area contributed by atoms with Gasteiger partial charge in [0.2, 0.25) is 0 Å². The van der Waals surface area contributed by atoms with Gasteiger partial charge in [0.05, 0.1) is 6.10 Å². The summed E-state index contributed by atoms with van der Waals surface area (Å²) in [4.78, 5) is 13.2. The average molecular weight is 439 g/mol. The van der Waals surface area contributed by atoms with Crippen LogP contribution in [0.3, 0.4) is 0 Å². The van der Waals surface area contributed by atoms with Gasteiger partial charge in [-0.25, -0.2) is 0 Å². The number of aliphatic hydroxyl groups is 1. The summed E-state index contributed by atoms with van der Waals surface area (Å²) in [6.07, 6.45) is 2.22. The molecule has 2 atom stereocenters. The van der Waals surface area contributed by atoms with Gasteiger partial charge in [-0.2, -0.15) is 0 Å². The summed E-state index contributed by atoms with van der Waals surface area (Å²) in [5.41, 5.74) is 3.31. The van der Waals surface area contributed by atoms with Crippen LogP contribution in [0.15, 0.2) is 42.5 Å². The third kappa shape index (κ3) is 6.88. The van der Waals surface area contributed by atoms with E-state index in [9.17, 15) is 15.0 Å². The highest BCUT2D eigenvalue weighted by Gasteiger charge is 2.20. The Morgan fingerprint density at radius 1 is 1.20 bits per heavy atom. The fourth-order valence-electron chi connectivity index (χ4n) is 3.36. The minimum atomic E-state index is -0.617. The molecule has 3 rings (SSSR count). The largest absolute Gasteiger partial charge is 0.508 e. The molecule has 1 aliphatic carbocycles. The Morgan fingerprint density at radius 3 is 2.57 bits per heavy atom.